The average molecular weight is 399 g/mol. The van der Waals surface area contributed by atoms with Gasteiger partial charge < -0.3 is 14.8 Å². The summed E-state index contributed by atoms with van der Waals surface area (Å²) in [5.74, 6) is -1.49. The molecule has 140 valence electrons. The Hall–Kier alpha value is -3.90. The van der Waals surface area contributed by atoms with Gasteiger partial charge in [0.1, 0.15) is 23.8 Å². The lowest BCUT2D eigenvalue weighted by molar-refractivity contribution is -0.385. The van der Waals surface area contributed by atoms with Crippen molar-refractivity contribution in [3.63, 3.8) is 0 Å². The van der Waals surface area contributed by atoms with Crippen molar-refractivity contribution in [1.82, 2.24) is 9.97 Å². The number of carbonyl (C=O) groups excluding carboxylic acids is 1. The molecule has 0 aliphatic heterocycles. The topological polar surface area (TPSA) is 142 Å². The molecule has 0 saturated heterocycles. The molecule has 0 radical (unpaired) electrons. The molecule has 0 spiro atoms. The fourth-order valence-electron chi connectivity index (χ4n) is 2.44. The molecule has 2 N–H and O–H groups in total. The first-order valence-corrected chi connectivity index (χ1v) is 8.17. The van der Waals surface area contributed by atoms with E-state index >= 15 is 0 Å². The number of para-hydroxylation sites is 2. The molecule has 0 amide bonds. The number of fused-ring (bicyclic) bond motifs is 1. The minimum atomic E-state index is -1.04. The van der Waals surface area contributed by atoms with Gasteiger partial charge in [-0.15, -0.1) is 0 Å². The first-order valence-electron chi connectivity index (χ1n) is 7.79. The van der Waals surface area contributed by atoms with Gasteiger partial charge in [-0.1, -0.05) is 23.7 Å². The van der Waals surface area contributed by atoms with E-state index in [1.165, 1.54) is 6.07 Å². The standard InChI is InChI=1S/C18H11ClN4O5/c19-10-5-6-11(15(7-10)23(26)27)18(25)28-9-16(24)12(8-20)17-21-13-3-1-2-4-14(13)22-17/h1-7,24H,9H2,(H,21,22)/b16-12-. The minimum absolute atomic E-state index is 0.0858. The fourth-order valence-corrected chi connectivity index (χ4v) is 2.60. The summed E-state index contributed by atoms with van der Waals surface area (Å²) >= 11 is 5.70. The van der Waals surface area contributed by atoms with Gasteiger partial charge in [0.25, 0.3) is 5.69 Å². The third-order valence-electron chi connectivity index (χ3n) is 3.74. The smallest absolute Gasteiger partial charge is 0.345 e. The van der Waals surface area contributed by atoms with Gasteiger partial charge in [-0.25, -0.2) is 9.78 Å². The maximum atomic E-state index is 12.2. The Kier molecular flexibility index (Phi) is 5.24. The number of nitro groups is 1. The maximum Gasteiger partial charge on any atom is 0.345 e. The lowest BCUT2D eigenvalue weighted by atomic mass is 10.2. The number of rotatable bonds is 5. The number of aliphatic hydroxyl groups excluding tert-OH is 1. The molecule has 3 rings (SSSR count). The zero-order valence-electron chi connectivity index (χ0n) is 14.0. The van der Waals surface area contributed by atoms with Crippen molar-refractivity contribution in [3.8, 4) is 6.07 Å². The van der Waals surface area contributed by atoms with Gasteiger partial charge in [-0.3, -0.25) is 10.1 Å². The van der Waals surface area contributed by atoms with Gasteiger partial charge in [0.15, 0.2) is 11.6 Å². The van der Waals surface area contributed by atoms with Crippen LogP contribution in [0.15, 0.2) is 48.2 Å². The van der Waals surface area contributed by atoms with Crippen LogP contribution in [0.2, 0.25) is 5.02 Å². The van der Waals surface area contributed by atoms with E-state index in [4.69, 9.17) is 16.3 Å². The number of nitro benzene ring substituents is 1. The van der Waals surface area contributed by atoms with E-state index in [0.717, 1.165) is 12.1 Å². The number of imidazole rings is 1. The number of H-pyrrole nitrogens is 1. The molecule has 0 unspecified atom stereocenters. The minimum Gasteiger partial charge on any atom is -0.507 e. The highest BCUT2D eigenvalue weighted by atomic mass is 35.5. The average Bonchev–Trinajstić information content (AvgIpc) is 3.10. The summed E-state index contributed by atoms with van der Waals surface area (Å²) in [5.41, 5.74) is 0.177. The molecule has 0 aliphatic rings. The Bertz CT molecular complexity index is 1130. The van der Waals surface area contributed by atoms with Crippen LogP contribution in [0.25, 0.3) is 16.6 Å². The molecule has 28 heavy (non-hydrogen) atoms. The number of aromatic amines is 1. The number of hydrogen-bond donors (Lipinski definition) is 2. The molecule has 0 bridgehead atoms. The predicted molar refractivity (Wildman–Crippen MR) is 99.6 cm³/mol. The number of carbonyl (C=O) groups is 1. The van der Waals surface area contributed by atoms with E-state index in [9.17, 15) is 25.3 Å². The molecule has 1 aromatic heterocycles. The Balaban J connectivity index is 1.83. The molecule has 9 nitrogen and oxygen atoms in total. The van der Waals surface area contributed by atoms with E-state index < -0.39 is 28.9 Å². The monoisotopic (exact) mass is 398 g/mol. The number of halogens is 1. The van der Waals surface area contributed by atoms with E-state index in [2.05, 4.69) is 9.97 Å². The van der Waals surface area contributed by atoms with Crippen LogP contribution < -0.4 is 0 Å². The summed E-state index contributed by atoms with van der Waals surface area (Å²) in [5, 5.41) is 30.7. The number of nitrogens with one attached hydrogen (secondary N) is 1. The molecule has 0 saturated carbocycles. The third-order valence-corrected chi connectivity index (χ3v) is 3.98. The number of aromatic nitrogens is 2. The van der Waals surface area contributed by atoms with Crippen LogP contribution in [-0.2, 0) is 4.74 Å². The van der Waals surface area contributed by atoms with Crippen molar-refractivity contribution >= 4 is 39.9 Å². The molecular weight excluding hydrogens is 388 g/mol. The van der Waals surface area contributed by atoms with Crippen molar-refractivity contribution in [3.05, 3.63) is 74.7 Å². The van der Waals surface area contributed by atoms with Crippen LogP contribution in [0.5, 0.6) is 0 Å². The Morgan fingerprint density at radius 1 is 1.36 bits per heavy atom. The van der Waals surface area contributed by atoms with Crippen LogP contribution in [0.1, 0.15) is 16.2 Å². The van der Waals surface area contributed by atoms with Crippen molar-refractivity contribution in [2.75, 3.05) is 6.61 Å². The van der Waals surface area contributed by atoms with Crippen LogP contribution >= 0.6 is 11.6 Å². The van der Waals surface area contributed by atoms with Crippen LogP contribution in [0.3, 0.4) is 0 Å². The number of ether oxygens (including phenoxy) is 1. The zero-order valence-corrected chi connectivity index (χ0v) is 14.8. The predicted octanol–water partition coefficient (Wildman–Crippen LogP) is 3.77. The summed E-state index contributed by atoms with van der Waals surface area (Å²) in [6.45, 7) is -0.668. The van der Waals surface area contributed by atoms with E-state index in [1.54, 1.807) is 30.3 Å². The highest BCUT2D eigenvalue weighted by Gasteiger charge is 2.23. The largest absolute Gasteiger partial charge is 0.507 e. The second kappa shape index (κ2) is 7.77. The molecule has 3 aromatic rings. The number of nitrogens with zero attached hydrogens (tertiary/aromatic N) is 3. The first-order chi connectivity index (χ1) is 13.4. The highest BCUT2D eigenvalue weighted by Crippen LogP contribution is 2.24. The Morgan fingerprint density at radius 2 is 2.11 bits per heavy atom. The summed E-state index contributed by atoms with van der Waals surface area (Å²) in [4.78, 5) is 29.5. The van der Waals surface area contributed by atoms with Crippen molar-refractivity contribution in [2.24, 2.45) is 0 Å². The molecule has 1 heterocycles. The number of benzene rings is 2. The lowest BCUT2D eigenvalue weighted by Gasteiger charge is -2.06. The summed E-state index contributed by atoms with van der Waals surface area (Å²) < 4.78 is 4.91. The highest BCUT2D eigenvalue weighted by molar-refractivity contribution is 6.31. The molecule has 0 fully saturated rings. The lowest BCUT2D eigenvalue weighted by Crippen LogP contribution is -2.11. The number of nitriles is 1. The van der Waals surface area contributed by atoms with E-state index in [-0.39, 0.29) is 22.0 Å². The SMILES string of the molecule is N#C/C(=C(/O)COC(=O)c1ccc(Cl)cc1[N+](=O)[O-])c1nc2ccccc2[nH]1. The third kappa shape index (κ3) is 3.77. The van der Waals surface area contributed by atoms with Crippen molar-refractivity contribution in [2.45, 2.75) is 0 Å². The van der Waals surface area contributed by atoms with Crippen molar-refractivity contribution in [1.29, 1.82) is 5.26 Å². The summed E-state index contributed by atoms with van der Waals surface area (Å²) in [6, 6.07) is 12.3. The van der Waals surface area contributed by atoms with Gasteiger partial charge >= 0.3 is 5.97 Å². The zero-order chi connectivity index (χ0) is 20.3. The van der Waals surface area contributed by atoms with Gasteiger partial charge in [0.2, 0.25) is 0 Å². The van der Waals surface area contributed by atoms with Crippen LogP contribution in [0.4, 0.5) is 5.69 Å². The van der Waals surface area contributed by atoms with Crippen molar-refractivity contribution < 1.29 is 19.6 Å². The summed E-state index contributed by atoms with van der Waals surface area (Å²) in [6.07, 6.45) is 0. The van der Waals surface area contributed by atoms with Crippen LogP contribution in [0, 0.1) is 21.4 Å². The Morgan fingerprint density at radius 3 is 2.79 bits per heavy atom. The van der Waals surface area contributed by atoms with Gasteiger partial charge in [-0.2, -0.15) is 5.26 Å². The maximum absolute atomic E-state index is 12.2. The Labute approximate surface area is 162 Å². The van der Waals surface area contributed by atoms with Gasteiger partial charge in [-0.05, 0) is 24.3 Å². The number of esters is 1. The fraction of sp³-hybridized carbons (Fsp3) is 0.0556. The van der Waals surface area contributed by atoms with E-state index in [0.29, 0.717) is 11.0 Å². The van der Waals surface area contributed by atoms with E-state index in [1.807, 2.05) is 0 Å². The normalized spacial score (nSPS) is 11.6. The van der Waals surface area contributed by atoms with Gasteiger partial charge in [0, 0.05) is 11.1 Å². The quantitative estimate of drug-likeness (QED) is 0.219. The second-order valence-corrected chi connectivity index (χ2v) is 5.97. The number of hydrogen-bond acceptors (Lipinski definition) is 7. The summed E-state index contributed by atoms with van der Waals surface area (Å²) in [7, 11) is 0. The van der Waals surface area contributed by atoms with Gasteiger partial charge in [0.05, 0.1) is 16.0 Å². The molecule has 0 atom stereocenters. The number of allylic oxidation sites excluding steroid dienone is 1. The second-order valence-electron chi connectivity index (χ2n) is 5.53. The molecule has 2 aromatic carbocycles. The molecule has 0 aliphatic carbocycles. The molecule has 10 heteroatoms. The molecular formula is C18H11ClN4O5. The first kappa shape index (κ1) is 18.9. The number of aliphatic hydroxyl groups is 1. The van der Waals surface area contributed by atoms with Crippen LogP contribution in [-0.4, -0.2) is 32.6 Å².